The number of rotatable bonds is 6. The molecule has 0 saturated heterocycles. The van der Waals surface area contributed by atoms with Crippen molar-refractivity contribution in [1.29, 1.82) is 0 Å². The summed E-state index contributed by atoms with van der Waals surface area (Å²) in [6.07, 6.45) is 1.30. The van der Waals surface area contributed by atoms with Gasteiger partial charge in [0.1, 0.15) is 10.1 Å². The summed E-state index contributed by atoms with van der Waals surface area (Å²) in [5.41, 5.74) is -0.169. The topological polar surface area (TPSA) is 91.7 Å². The van der Waals surface area contributed by atoms with Crippen LogP contribution in [-0.2, 0) is 24.3 Å². The molecule has 3 rings (SSSR count). The minimum Gasteiger partial charge on any atom is -0.461 e. The fourth-order valence-electron chi connectivity index (χ4n) is 3.45. The number of fused-ring (bicyclic) bond motifs is 1. The maximum absolute atomic E-state index is 13.9. The Hall–Kier alpha value is -2.33. The van der Waals surface area contributed by atoms with E-state index in [1.165, 1.54) is 30.3 Å². The average molecular weight is 617 g/mol. The Morgan fingerprint density at radius 1 is 1.11 bits per heavy atom. The summed E-state index contributed by atoms with van der Waals surface area (Å²) in [5.74, 6) is -1.64. The molecule has 0 aliphatic rings. The summed E-state index contributed by atoms with van der Waals surface area (Å²) in [7, 11) is -4.34. The van der Waals surface area contributed by atoms with E-state index in [4.69, 9.17) is 32.7 Å². The number of hydrogen-bond donors (Lipinski definition) is 0. The van der Waals surface area contributed by atoms with E-state index in [0.29, 0.717) is 0 Å². The van der Waals surface area contributed by atoms with Crippen molar-refractivity contribution in [3.8, 4) is 0 Å². The molecule has 2 aromatic carbocycles. The van der Waals surface area contributed by atoms with Crippen molar-refractivity contribution in [1.82, 2.24) is 3.97 Å². The first-order valence-electron chi connectivity index (χ1n) is 10.8. The Morgan fingerprint density at radius 3 is 2.28 bits per heavy atom. The lowest BCUT2D eigenvalue weighted by molar-refractivity contribution is -0.148. The van der Waals surface area contributed by atoms with Gasteiger partial charge < -0.3 is 9.47 Å². The minimum absolute atomic E-state index is 0.0180. The van der Waals surface area contributed by atoms with Gasteiger partial charge in [-0.05, 0) is 80.9 Å². The first-order valence-corrected chi connectivity index (χ1v) is 13.8. The molecule has 7 nitrogen and oxygen atoms in total. The number of nitrogens with zero attached hydrogens (tertiary/aromatic N) is 1. The highest BCUT2D eigenvalue weighted by Gasteiger charge is 2.33. The molecule has 192 valence electrons. The van der Waals surface area contributed by atoms with Crippen LogP contribution in [-0.4, -0.2) is 36.5 Å². The third kappa shape index (κ3) is 5.80. The Balaban J connectivity index is 2.46. The fraction of sp³-hybridized carbons (Fsp3) is 0.280. The van der Waals surface area contributed by atoms with Crippen LogP contribution in [0.5, 0.6) is 0 Å². The van der Waals surface area contributed by atoms with Crippen molar-refractivity contribution >= 4 is 78.1 Å². The fourth-order valence-corrected chi connectivity index (χ4v) is 5.85. The predicted molar refractivity (Wildman–Crippen MR) is 144 cm³/mol. The van der Waals surface area contributed by atoms with Gasteiger partial charge in [0.2, 0.25) is 0 Å². The summed E-state index contributed by atoms with van der Waals surface area (Å²) >= 11 is 16.0. The molecule has 11 heteroatoms. The number of aromatic nitrogens is 1. The number of hydrogen-bond acceptors (Lipinski definition) is 6. The van der Waals surface area contributed by atoms with Crippen molar-refractivity contribution in [2.24, 2.45) is 0 Å². The lowest BCUT2D eigenvalue weighted by atomic mass is 10.1. The quantitative estimate of drug-likeness (QED) is 0.225. The molecule has 1 heterocycles. The zero-order valence-electron chi connectivity index (χ0n) is 20.2. The molecule has 3 aromatic rings. The van der Waals surface area contributed by atoms with E-state index in [2.05, 4.69) is 15.9 Å². The highest BCUT2D eigenvalue weighted by Crippen LogP contribution is 2.39. The smallest absolute Gasteiger partial charge is 0.356 e. The van der Waals surface area contributed by atoms with Gasteiger partial charge >= 0.3 is 11.9 Å². The van der Waals surface area contributed by atoms with Crippen LogP contribution >= 0.6 is 39.1 Å². The van der Waals surface area contributed by atoms with Crippen LogP contribution in [0.4, 0.5) is 0 Å². The van der Waals surface area contributed by atoms with E-state index in [1.54, 1.807) is 39.8 Å². The Labute approximate surface area is 228 Å². The highest BCUT2D eigenvalue weighted by atomic mass is 79.9. The van der Waals surface area contributed by atoms with Gasteiger partial charge in [0.25, 0.3) is 10.0 Å². The molecule has 36 heavy (non-hydrogen) atoms. The summed E-state index contributed by atoms with van der Waals surface area (Å²) < 4.78 is 39.2. The van der Waals surface area contributed by atoms with Gasteiger partial charge in [-0.1, -0.05) is 40.9 Å². The number of halogens is 3. The summed E-state index contributed by atoms with van der Waals surface area (Å²) in [6.45, 7) is 8.50. The van der Waals surface area contributed by atoms with Gasteiger partial charge in [-0.3, -0.25) is 0 Å². The zero-order chi connectivity index (χ0) is 27.0. The van der Waals surface area contributed by atoms with Gasteiger partial charge in [-0.15, -0.1) is 0 Å². The number of carbonyl (C=O) groups excluding carboxylic acids is 2. The Morgan fingerprint density at radius 2 is 1.72 bits per heavy atom. The van der Waals surface area contributed by atoms with Crippen LogP contribution in [0, 0.1) is 6.92 Å². The van der Waals surface area contributed by atoms with Gasteiger partial charge in [0.15, 0.2) is 5.69 Å². The molecule has 0 aliphatic heterocycles. The molecular weight excluding hydrogens is 593 g/mol. The maximum Gasteiger partial charge on any atom is 0.356 e. The molecule has 0 radical (unpaired) electrons. The Kier molecular flexibility index (Phi) is 8.30. The molecule has 0 N–H and O–H groups in total. The Bertz CT molecular complexity index is 1490. The lowest BCUT2D eigenvalue weighted by Gasteiger charge is -2.19. The second-order valence-electron chi connectivity index (χ2n) is 8.84. The molecule has 0 atom stereocenters. The number of carbonyl (C=O) groups is 2. The van der Waals surface area contributed by atoms with Gasteiger partial charge in [0.05, 0.1) is 22.0 Å². The van der Waals surface area contributed by atoms with Crippen molar-refractivity contribution in [2.75, 3.05) is 6.61 Å². The van der Waals surface area contributed by atoms with Crippen LogP contribution in [0.1, 0.15) is 49.3 Å². The normalized spacial score (nSPS) is 12.6. The summed E-state index contributed by atoms with van der Waals surface area (Å²) in [4.78, 5) is 25.8. The van der Waals surface area contributed by atoms with E-state index in [9.17, 15) is 18.0 Å². The molecule has 0 spiro atoms. The monoisotopic (exact) mass is 615 g/mol. The second-order valence-corrected chi connectivity index (χ2v) is 12.3. The highest BCUT2D eigenvalue weighted by molar-refractivity contribution is 9.12. The zero-order valence-corrected chi connectivity index (χ0v) is 24.1. The van der Waals surface area contributed by atoms with E-state index in [-0.39, 0.29) is 48.2 Å². The first-order chi connectivity index (χ1) is 16.7. The molecule has 0 bridgehead atoms. The average Bonchev–Trinajstić information content (AvgIpc) is 3.07. The van der Waals surface area contributed by atoms with Crippen LogP contribution < -0.4 is 0 Å². The van der Waals surface area contributed by atoms with E-state index < -0.39 is 27.6 Å². The largest absolute Gasteiger partial charge is 0.461 e. The van der Waals surface area contributed by atoms with E-state index in [0.717, 1.165) is 9.54 Å². The second kappa shape index (κ2) is 10.6. The molecule has 0 unspecified atom stereocenters. The lowest BCUT2D eigenvalue weighted by Crippen LogP contribution is -2.23. The maximum atomic E-state index is 13.9. The SMILES string of the molecule is CCOC(=O)c1c(/C=C(/Br)C(=O)OC(C)(C)C)c2c(Cl)cc(Cl)cc2n1S(=O)(=O)c1ccc(C)cc1. The van der Waals surface area contributed by atoms with Crippen molar-refractivity contribution in [3.63, 3.8) is 0 Å². The number of aryl methyl sites for hydroxylation is 1. The summed E-state index contributed by atoms with van der Waals surface area (Å²) in [5, 5.41) is 0.430. The van der Waals surface area contributed by atoms with Crippen LogP contribution in [0.3, 0.4) is 0 Å². The van der Waals surface area contributed by atoms with Gasteiger partial charge in [0, 0.05) is 16.0 Å². The summed E-state index contributed by atoms with van der Waals surface area (Å²) in [6, 6.07) is 8.95. The van der Waals surface area contributed by atoms with E-state index >= 15 is 0 Å². The standard InChI is InChI=1S/C25H24BrCl2NO6S/c1-6-34-24(31)22-17(13-18(26)23(30)35-25(3,4)5)21-19(28)11-15(27)12-20(21)29(22)36(32,33)16-9-7-14(2)8-10-16/h7-13H,6H2,1-5H3/b18-13+. The number of benzene rings is 2. The molecule has 0 saturated carbocycles. The predicted octanol–water partition coefficient (Wildman–Crippen LogP) is 6.75. The molecule has 0 aliphatic carbocycles. The van der Waals surface area contributed by atoms with Crippen LogP contribution in [0.25, 0.3) is 17.0 Å². The molecule has 1 aromatic heterocycles. The molecule has 0 amide bonds. The first kappa shape index (κ1) is 28.2. The molecular formula is C25H24BrCl2NO6S. The van der Waals surface area contributed by atoms with Crippen molar-refractivity contribution in [2.45, 2.75) is 45.1 Å². The van der Waals surface area contributed by atoms with Crippen molar-refractivity contribution in [3.05, 3.63) is 67.7 Å². The number of ether oxygens (including phenoxy) is 2. The molecule has 0 fully saturated rings. The van der Waals surface area contributed by atoms with Gasteiger partial charge in [-0.25, -0.2) is 22.0 Å². The minimum atomic E-state index is -4.34. The third-order valence-electron chi connectivity index (χ3n) is 4.87. The van der Waals surface area contributed by atoms with Gasteiger partial charge in [-0.2, -0.15) is 0 Å². The van der Waals surface area contributed by atoms with Crippen molar-refractivity contribution < 1.29 is 27.5 Å². The third-order valence-corrected chi connectivity index (χ3v) is 7.67. The number of esters is 2. The van der Waals surface area contributed by atoms with E-state index in [1.807, 2.05) is 6.92 Å². The van der Waals surface area contributed by atoms with Crippen LogP contribution in [0.15, 0.2) is 45.8 Å². The van der Waals surface area contributed by atoms with Crippen LogP contribution in [0.2, 0.25) is 10.0 Å².